The first-order valence-electron chi connectivity index (χ1n) is 6.87. The lowest BCUT2D eigenvalue weighted by Gasteiger charge is -2.17. The van der Waals surface area contributed by atoms with Gasteiger partial charge in [-0.15, -0.1) is 0 Å². The molecule has 1 aliphatic heterocycles. The fourth-order valence-electron chi connectivity index (χ4n) is 2.55. The second kappa shape index (κ2) is 5.51. The highest BCUT2D eigenvalue weighted by molar-refractivity contribution is 5.38. The third kappa shape index (κ3) is 3.00. The van der Waals surface area contributed by atoms with E-state index in [0.717, 1.165) is 6.07 Å². The average molecular weight is 309 g/mol. The van der Waals surface area contributed by atoms with Crippen LogP contribution < -0.4 is 4.90 Å². The van der Waals surface area contributed by atoms with E-state index in [0.29, 0.717) is 31.0 Å². The van der Waals surface area contributed by atoms with E-state index >= 15 is 0 Å². The van der Waals surface area contributed by atoms with Crippen LogP contribution in [0.25, 0.3) is 0 Å². The van der Waals surface area contributed by atoms with Gasteiger partial charge in [-0.1, -0.05) is 0 Å². The number of aryl methyl sites for hydroxylation is 1. The van der Waals surface area contributed by atoms with Gasteiger partial charge in [0.2, 0.25) is 0 Å². The van der Waals surface area contributed by atoms with E-state index in [1.54, 1.807) is 25.5 Å². The molecule has 2 aromatic rings. The molecule has 1 atom stereocenters. The number of anilines is 1. The lowest BCUT2D eigenvalue weighted by molar-refractivity contribution is -0.141. The van der Waals surface area contributed by atoms with Gasteiger partial charge in [-0.2, -0.15) is 13.2 Å². The van der Waals surface area contributed by atoms with Crippen LogP contribution in [0.3, 0.4) is 0 Å². The van der Waals surface area contributed by atoms with E-state index in [2.05, 4.69) is 19.9 Å². The molecular formula is C14H14F3N5. The fraction of sp³-hybridized carbons (Fsp3) is 0.429. The van der Waals surface area contributed by atoms with Crippen molar-refractivity contribution in [3.05, 3.63) is 41.9 Å². The Hall–Kier alpha value is -2.25. The van der Waals surface area contributed by atoms with E-state index < -0.39 is 11.9 Å². The van der Waals surface area contributed by atoms with Gasteiger partial charge in [-0.05, 0) is 19.4 Å². The number of halogens is 3. The van der Waals surface area contributed by atoms with Crippen molar-refractivity contribution in [1.29, 1.82) is 0 Å². The molecule has 0 saturated carbocycles. The van der Waals surface area contributed by atoms with Crippen molar-refractivity contribution >= 4 is 5.82 Å². The van der Waals surface area contributed by atoms with E-state index in [-0.39, 0.29) is 11.7 Å². The van der Waals surface area contributed by atoms with Crippen molar-refractivity contribution in [2.45, 2.75) is 25.4 Å². The first-order valence-corrected chi connectivity index (χ1v) is 6.87. The summed E-state index contributed by atoms with van der Waals surface area (Å²) in [5.41, 5.74) is -0.553. The topological polar surface area (TPSA) is 54.8 Å². The minimum Gasteiger partial charge on any atom is -0.355 e. The van der Waals surface area contributed by atoms with Gasteiger partial charge in [0.25, 0.3) is 0 Å². The molecule has 0 aliphatic carbocycles. The second-order valence-corrected chi connectivity index (χ2v) is 5.25. The molecule has 1 fully saturated rings. The Kier molecular flexibility index (Phi) is 3.67. The van der Waals surface area contributed by atoms with Crippen LogP contribution in [0.5, 0.6) is 0 Å². The fourth-order valence-corrected chi connectivity index (χ4v) is 2.55. The molecule has 0 spiro atoms. The summed E-state index contributed by atoms with van der Waals surface area (Å²) in [6.45, 7) is 2.79. The molecule has 22 heavy (non-hydrogen) atoms. The van der Waals surface area contributed by atoms with Crippen molar-refractivity contribution in [3.63, 3.8) is 0 Å². The zero-order valence-corrected chi connectivity index (χ0v) is 11.9. The van der Waals surface area contributed by atoms with E-state index in [1.807, 2.05) is 4.90 Å². The summed E-state index contributed by atoms with van der Waals surface area (Å²) in [6.07, 6.45) is 1.05. The number of nitrogens with zero attached hydrogens (tertiary/aromatic N) is 5. The maximum absolute atomic E-state index is 12.9. The Bertz CT molecular complexity index is 659. The lowest BCUT2D eigenvalue weighted by Crippen LogP contribution is -2.21. The molecule has 3 heterocycles. The Balaban J connectivity index is 1.83. The van der Waals surface area contributed by atoms with Gasteiger partial charge < -0.3 is 4.90 Å². The Morgan fingerprint density at radius 3 is 2.73 bits per heavy atom. The smallest absolute Gasteiger partial charge is 0.355 e. The number of rotatable bonds is 2. The molecule has 5 nitrogen and oxygen atoms in total. The molecule has 0 amide bonds. The van der Waals surface area contributed by atoms with Gasteiger partial charge in [-0.25, -0.2) is 15.0 Å². The highest BCUT2D eigenvalue weighted by Crippen LogP contribution is 2.31. The molecule has 8 heteroatoms. The predicted molar refractivity (Wildman–Crippen MR) is 73.4 cm³/mol. The zero-order chi connectivity index (χ0) is 15.7. The minimum absolute atomic E-state index is 0.136. The molecule has 1 unspecified atom stereocenters. The maximum atomic E-state index is 12.9. The summed E-state index contributed by atoms with van der Waals surface area (Å²) in [5.74, 6) is 0.829. The zero-order valence-electron chi connectivity index (χ0n) is 11.9. The van der Waals surface area contributed by atoms with Gasteiger partial charge in [0, 0.05) is 37.1 Å². The molecule has 116 valence electrons. The Labute approximate surface area is 125 Å². The van der Waals surface area contributed by atoms with Crippen molar-refractivity contribution in [3.8, 4) is 0 Å². The van der Waals surface area contributed by atoms with Crippen molar-refractivity contribution in [1.82, 2.24) is 19.9 Å². The van der Waals surface area contributed by atoms with Gasteiger partial charge in [0.05, 0.1) is 6.20 Å². The quantitative estimate of drug-likeness (QED) is 0.853. The summed E-state index contributed by atoms with van der Waals surface area (Å²) < 4.78 is 38.6. The van der Waals surface area contributed by atoms with Gasteiger partial charge in [0.15, 0.2) is 0 Å². The molecule has 3 rings (SSSR count). The predicted octanol–water partition coefficient (Wildman–Crippen LogP) is 2.59. The van der Waals surface area contributed by atoms with Crippen LogP contribution in [0.1, 0.15) is 29.6 Å². The number of hydrogen-bond donors (Lipinski definition) is 0. The summed E-state index contributed by atoms with van der Waals surface area (Å²) in [4.78, 5) is 18.1. The lowest BCUT2D eigenvalue weighted by atomic mass is 10.1. The summed E-state index contributed by atoms with van der Waals surface area (Å²) >= 11 is 0. The third-order valence-corrected chi connectivity index (χ3v) is 3.59. The SMILES string of the molecule is Cc1cc(C(F)(F)F)nc(C2CCN(c3cnccn3)C2)n1. The van der Waals surface area contributed by atoms with Crippen LogP contribution >= 0.6 is 0 Å². The number of hydrogen-bond acceptors (Lipinski definition) is 5. The van der Waals surface area contributed by atoms with Crippen LogP contribution in [0.15, 0.2) is 24.7 Å². The van der Waals surface area contributed by atoms with Gasteiger partial charge in [-0.3, -0.25) is 4.98 Å². The maximum Gasteiger partial charge on any atom is 0.433 e. The third-order valence-electron chi connectivity index (χ3n) is 3.59. The van der Waals surface area contributed by atoms with Crippen LogP contribution in [0.2, 0.25) is 0 Å². The summed E-state index contributed by atoms with van der Waals surface area (Å²) in [7, 11) is 0. The largest absolute Gasteiger partial charge is 0.433 e. The summed E-state index contributed by atoms with van der Waals surface area (Å²) in [6, 6.07) is 0.971. The highest BCUT2D eigenvalue weighted by Gasteiger charge is 2.35. The van der Waals surface area contributed by atoms with Gasteiger partial charge >= 0.3 is 6.18 Å². The Morgan fingerprint density at radius 1 is 1.23 bits per heavy atom. The van der Waals surface area contributed by atoms with Gasteiger partial charge in [0.1, 0.15) is 17.3 Å². The molecule has 0 aromatic carbocycles. The van der Waals surface area contributed by atoms with E-state index in [4.69, 9.17) is 0 Å². The number of aromatic nitrogens is 4. The van der Waals surface area contributed by atoms with Crippen molar-refractivity contribution in [2.75, 3.05) is 18.0 Å². The van der Waals surface area contributed by atoms with Crippen LogP contribution in [-0.2, 0) is 6.18 Å². The highest BCUT2D eigenvalue weighted by atomic mass is 19.4. The summed E-state index contributed by atoms with van der Waals surface area (Å²) in [5, 5.41) is 0. The normalized spacial score (nSPS) is 18.7. The van der Waals surface area contributed by atoms with Crippen LogP contribution in [-0.4, -0.2) is 33.0 Å². The van der Waals surface area contributed by atoms with Crippen molar-refractivity contribution < 1.29 is 13.2 Å². The molecule has 0 N–H and O–H groups in total. The minimum atomic E-state index is -4.45. The Morgan fingerprint density at radius 2 is 2.05 bits per heavy atom. The standard InChI is InChI=1S/C14H14F3N5/c1-9-6-11(14(15,16)17)21-13(20-9)10-2-5-22(8-10)12-7-18-3-4-19-12/h3-4,6-7,10H,2,5,8H2,1H3. The van der Waals surface area contributed by atoms with E-state index in [1.165, 1.54) is 0 Å². The van der Waals surface area contributed by atoms with E-state index in [9.17, 15) is 13.2 Å². The molecule has 0 radical (unpaired) electrons. The first kappa shape index (κ1) is 14.7. The number of alkyl halides is 3. The molecule has 1 saturated heterocycles. The van der Waals surface area contributed by atoms with Crippen molar-refractivity contribution in [2.24, 2.45) is 0 Å². The second-order valence-electron chi connectivity index (χ2n) is 5.25. The molecule has 0 bridgehead atoms. The monoisotopic (exact) mass is 309 g/mol. The molecular weight excluding hydrogens is 295 g/mol. The average Bonchev–Trinajstić information content (AvgIpc) is 2.96. The first-order chi connectivity index (χ1) is 10.4. The van der Waals surface area contributed by atoms with Crippen LogP contribution in [0, 0.1) is 6.92 Å². The molecule has 2 aromatic heterocycles. The van der Waals surface area contributed by atoms with Crippen LogP contribution in [0.4, 0.5) is 19.0 Å². The molecule has 1 aliphatic rings.